The molecule has 0 aromatic carbocycles. The number of nitriles is 1. The normalized spacial score (nSPS) is 19.6. The topological polar surface area (TPSA) is 101 Å². The molecule has 0 atom stereocenters. The smallest absolute Gasteiger partial charge is 0.168 e. The van der Waals surface area contributed by atoms with Crippen molar-refractivity contribution < 1.29 is 9.47 Å². The molecule has 5 heterocycles. The maximum atomic E-state index is 9.27. The summed E-state index contributed by atoms with van der Waals surface area (Å²) in [4.78, 5) is 11.0. The van der Waals surface area contributed by atoms with Gasteiger partial charge in [-0.3, -0.25) is 4.68 Å². The molecule has 2 aliphatic heterocycles. The van der Waals surface area contributed by atoms with E-state index in [0.29, 0.717) is 36.6 Å². The van der Waals surface area contributed by atoms with Crippen LogP contribution in [0.1, 0.15) is 50.3 Å². The largest absolute Gasteiger partial charge is 0.454 e. The standard InChI is InChI=1S/C26H29N7O2/c1-26(15-27)16-32(17-26)24-12-19(4-8-29-24)30-23-13-21(5-9-28-23)35-22-14-33(20-2-3-20)31-25(22)18-6-10-34-11-7-18/h4-5,8-9,12-14,18,20H,2-3,6-7,10-11,16-17H2,1H3,(H,28,29,30). The lowest BCUT2D eigenvalue weighted by Crippen LogP contribution is -2.54. The van der Waals surface area contributed by atoms with Crippen LogP contribution in [0.25, 0.3) is 0 Å². The molecule has 0 amide bonds. The summed E-state index contributed by atoms with van der Waals surface area (Å²) < 4.78 is 14.0. The number of aromatic nitrogens is 4. The number of ether oxygens (including phenoxy) is 2. The van der Waals surface area contributed by atoms with Crippen LogP contribution in [0.4, 0.5) is 17.3 Å². The minimum absolute atomic E-state index is 0.296. The fourth-order valence-corrected chi connectivity index (χ4v) is 4.76. The van der Waals surface area contributed by atoms with Crippen LogP contribution in [-0.2, 0) is 4.74 Å². The predicted octanol–water partition coefficient (Wildman–Crippen LogP) is 4.79. The van der Waals surface area contributed by atoms with E-state index < -0.39 is 0 Å². The minimum atomic E-state index is -0.296. The third kappa shape index (κ3) is 4.66. The first-order valence-corrected chi connectivity index (χ1v) is 12.3. The summed E-state index contributed by atoms with van der Waals surface area (Å²) in [5.41, 5.74) is 1.62. The van der Waals surface area contributed by atoms with Crippen LogP contribution in [-0.4, -0.2) is 46.1 Å². The molecule has 3 fully saturated rings. The number of rotatable bonds is 7. The molecule has 3 aromatic heterocycles. The van der Waals surface area contributed by atoms with Gasteiger partial charge in [0, 0.05) is 62.4 Å². The molecular formula is C26H29N7O2. The zero-order chi connectivity index (χ0) is 23.8. The van der Waals surface area contributed by atoms with E-state index in [0.717, 1.165) is 49.0 Å². The maximum absolute atomic E-state index is 9.27. The summed E-state index contributed by atoms with van der Waals surface area (Å²) in [5, 5.41) is 17.5. The van der Waals surface area contributed by atoms with E-state index in [4.69, 9.17) is 14.6 Å². The summed E-state index contributed by atoms with van der Waals surface area (Å²) in [5.74, 6) is 3.44. The molecule has 9 heteroatoms. The second kappa shape index (κ2) is 8.86. The van der Waals surface area contributed by atoms with Crippen molar-refractivity contribution in [2.24, 2.45) is 5.41 Å². The van der Waals surface area contributed by atoms with Gasteiger partial charge in [0.15, 0.2) is 5.75 Å². The van der Waals surface area contributed by atoms with E-state index in [1.807, 2.05) is 37.4 Å². The Morgan fingerprint density at radius 3 is 2.69 bits per heavy atom. The molecule has 35 heavy (non-hydrogen) atoms. The van der Waals surface area contributed by atoms with Gasteiger partial charge in [-0.25, -0.2) is 9.97 Å². The Bertz CT molecular complexity index is 1250. The quantitative estimate of drug-likeness (QED) is 0.525. The van der Waals surface area contributed by atoms with Gasteiger partial charge in [-0.05, 0) is 44.7 Å². The molecule has 0 radical (unpaired) electrons. The number of pyridine rings is 2. The van der Waals surface area contributed by atoms with Crippen LogP contribution in [0, 0.1) is 16.7 Å². The molecule has 0 unspecified atom stereocenters. The summed E-state index contributed by atoms with van der Waals surface area (Å²) in [6.07, 6.45) is 9.86. The van der Waals surface area contributed by atoms with Crippen molar-refractivity contribution in [2.75, 3.05) is 36.5 Å². The van der Waals surface area contributed by atoms with Gasteiger partial charge in [0.25, 0.3) is 0 Å². The Balaban J connectivity index is 1.18. The van der Waals surface area contributed by atoms with Crippen molar-refractivity contribution in [3.63, 3.8) is 0 Å². The van der Waals surface area contributed by atoms with Crippen LogP contribution in [0.5, 0.6) is 11.5 Å². The molecule has 0 spiro atoms. The molecule has 2 saturated heterocycles. The van der Waals surface area contributed by atoms with Gasteiger partial charge in [-0.15, -0.1) is 0 Å². The van der Waals surface area contributed by atoms with E-state index in [-0.39, 0.29) is 5.41 Å². The number of hydrogen-bond acceptors (Lipinski definition) is 8. The van der Waals surface area contributed by atoms with Gasteiger partial charge in [0.2, 0.25) is 0 Å². The molecule has 3 aliphatic rings. The molecule has 1 N–H and O–H groups in total. The van der Waals surface area contributed by atoms with Gasteiger partial charge in [-0.2, -0.15) is 10.4 Å². The summed E-state index contributed by atoms with van der Waals surface area (Å²) in [6, 6.07) is 10.5. The number of anilines is 3. The highest BCUT2D eigenvalue weighted by Gasteiger charge is 2.39. The first-order chi connectivity index (χ1) is 17.1. The second-order valence-electron chi connectivity index (χ2n) is 10.0. The highest BCUT2D eigenvalue weighted by Crippen LogP contribution is 2.41. The average Bonchev–Trinajstić information content (AvgIpc) is 3.63. The third-order valence-corrected chi connectivity index (χ3v) is 6.90. The first kappa shape index (κ1) is 21.9. The van der Waals surface area contributed by atoms with E-state index in [1.165, 1.54) is 12.8 Å². The zero-order valence-electron chi connectivity index (χ0n) is 19.9. The van der Waals surface area contributed by atoms with Gasteiger partial charge in [0.05, 0.1) is 23.7 Å². The number of nitrogens with zero attached hydrogens (tertiary/aromatic N) is 6. The predicted molar refractivity (Wildman–Crippen MR) is 131 cm³/mol. The summed E-state index contributed by atoms with van der Waals surface area (Å²) >= 11 is 0. The van der Waals surface area contributed by atoms with Crippen molar-refractivity contribution >= 4 is 17.3 Å². The lowest BCUT2D eigenvalue weighted by atomic mass is 9.84. The fourth-order valence-electron chi connectivity index (χ4n) is 4.76. The summed E-state index contributed by atoms with van der Waals surface area (Å²) in [6.45, 7) is 4.88. The van der Waals surface area contributed by atoms with Crippen molar-refractivity contribution in [1.29, 1.82) is 5.26 Å². The maximum Gasteiger partial charge on any atom is 0.168 e. The van der Waals surface area contributed by atoms with Gasteiger partial charge in [0.1, 0.15) is 23.1 Å². The van der Waals surface area contributed by atoms with Gasteiger partial charge >= 0.3 is 0 Å². The Hall–Kier alpha value is -3.64. The fraction of sp³-hybridized carbons (Fsp3) is 0.462. The zero-order valence-corrected chi connectivity index (χ0v) is 19.9. The van der Waals surface area contributed by atoms with Crippen molar-refractivity contribution in [3.05, 3.63) is 48.5 Å². The van der Waals surface area contributed by atoms with Gasteiger partial charge < -0.3 is 19.7 Å². The van der Waals surface area contributed by atoms with E-state index in [9.17, 15) is 5.26 Å². The van der Waals surface area contributed by atoms with E-state index in [2.05, 4.69) is 30.9 Å². The lowest BCUT2D eigenvalue weighted by Gasteiger charge is -2.44. The molecule has 0 bridgehead atoms. The third-order valence-electron chi connectivity index (χ3n) is 6.90. The highest BCUT2D eigenvalue weighted by molar-refractivity contribution is 5.62. The number of hydrogen-bond donors (Lipinski definition) is 1. The van der Waals surface area contributed by atoms with Crippen molar-refractivity contribution in [3.8, 4) is 17.6 Å². The van der Waals surface area contributed by atoms with Crippen LogP contribution in [0.2, 0.25) is 0 Å². The second-order valence-corrected chi connectivity index (χ2v) is 10.0. The molecule has 9 nitrogen and oxygen atoms in total. The minimum Gasteiger partial charge on any atom is -0.454 e. The molecule has 1 saturated carbocycles. The highest BCUT2D eigenvalue weighted by atomic mass is 16.5. The van der Waals surface area contributed by atoms with Crippen LogP contribution in [0.15, 0.2) is 42.9 Å². The monoisotopic (exact) mass is 471 g/mol. The summed E-state index contributed by atoms with van der Waals surface area (Å²) in [7, 11) is 0. The van der Waals surface area contributed by atoms with Crippen LogP contribution >= 0.6 is 0 Å². The molecule has 180 valence electrons. The SMILES string of the molecule is CC1(C#N)CN(c2cc(Nc3cc(Oc4cn(C5CC5)nc4C4CCOCC4)ccn3)ccn2)C1. The average molecular weight is 472 g/mol. The Morgan fingerprint density at radius 1 is 1.11 bits per heavy atom. The Kier molecular flexibility index (Phi) is 5.53. The lowest BCUT2D eigenvalue weighted by molar-refractivity contribution is 0.0839. The number of nitrogens with one attached hydrogen (secondary N) is 1. The molecule has 1 aliphatic carbocycles. The molecule has 3 aromatic rings. The van der Waals surface area contributed by atoms with Crippen molar-refractivity contribution in [1.82, 2.24) is 19.7 Å². The van der Waals surface area contributed by atoms with E-state index >= 15 is 0 Å². The Morgan fingerprint density at radius 2 is 1.91 bits per heavy atom. The van der Waals surface area contributed by atoms with Crippen LogP contribution in [0.3, 0.4) is 0 Å². The molecule has 6 rings (SSSR count). The molecular weight excluding hydrogens is 442 g/mol. The van der Waals surface area contributed by atoms with Gasteiger partial charge in [-0.1, -0.05) is 0 Å². The first-order valence-electron chi connectivity index (χ1n) is 12.3. The van der Waals surface area contributed by atoms with E-state index in [1.54, 1.807) is 12.4 Å². The Labute approximate surface area is 204 Å². The van der Waals surface area contributed by atoms with Crippen molar-refractivity contribution in [2.45, 2.75) is 44.6 Å². The van der Waals surface area contributed by atoms with Crippen LogP contribution < -0.4 is 15.0 Å².